The third kappa shape index (κ3) is 11.3. The Morgan fingerprint density at radius 3 is 2.10 bits per heavy atom. The molecule has 0 aliphatic rings. The van der Waals surface area contributed by atoms with Crippen LogP contribution >= 0.6 is 0 Å². The van der Waals surface area contributed by atoms with Crippen molar-refractivity contribution in [3.05, 3.63) is 77.9 Å². The summed E-state index contributed by atoms with van der Waals surface area (Å²) in [5.74, 6) is -0.640. The average Bonchev–Trinajstić information content (AvgIpc) is 2.74. The van der Waals surface area contributed by atoms with Crippen LogP contribution in [0.4, 0.5) is 0 Å². The van der Waals surface area contributed by atoms with Crippen molar-refractivity contribution in [1.29, 1.82) is 0 Å². The van der Waals surface area contributed by atoms with Crippen LogP contribution in [0.1, 0.15) is 31.4 Å². The molecular formula is C24H29N3O3. The molecule has 0 radical (unpaired) electrons. The number of rotatable bonds is 7. The summed E-state index contributed by atoms with van der Waals surface area (Å²) in [4.78, 5) is 36.4. The molecule has 0 saturated heterocycles. The highest BCUT2D eigenvalue weighted by Crippen LogP contribution is 2.03. The molecule has 2 N–H and O–H groups in total. The first-order valence-corrected chi connectivity index (χ1v) is 9.74. The molecule has 0 aliphatic heterocycles. The van der Waals surface area contributed by atoms with Crippen molar-refractivity contribution in [2.45, 2.75) is 32.7 Å². The Balaban J connectivity index is 0.000000479. The van der Waals surface area contributed by atoms with E-state index in [1.807, 2.05) is 60.7 Å². The van der Waals surface area contributed by atoms with Crippen LogP contribution in [0.15, 0.2) is 71.7 Å². The van der Waals surface area contributed by atoms with Gasteiger partial charge in [0.15, 0.2) is 0 Å². The number of hydrogen-bond acceptors (Lipinski definition) is 4. The Kier molecular flexibility index (Phi) is 11.8. The van der Waals surface area contributed by atoms with Crippen molar-refractivity contribution in [2.24, 2.45) is 4.99 Å². The van der Waals surface area contributed by atoms with Crippen LogP contribution in [0.3, 0.4) is 0 Å². The van der Waals surface area contributed by atoms with Gasteiger partial charge in [-0.3, -0.25) is 24.7 Å². The highest BCUT2D eigenvalue weighted by molar-refractivity contribution is 5.94. The van der Waals surface area contributed by atoms with Gasteiger partial charge in [0.25, 0.3) is 0 Å². The van der Waals surface area contributed by atoms with E-state index in [9.17, 15) is 14.4 Å². The summed E-state index contributed by atoms with van der Waals surface area (Å²) in [5.41, 5.74) is 2.17. The smallest absolute Gasteiger partial charge is 0.244 e. The largest absolute Gasteiger partial charge is 0.344 e. The summed E-state index contributed by atoms with van der Waals surface area (Å²) in [6, 6.07) is 19.7. The number of aliphatic imine (C=N–C) groups is 1. The van der Waals surface area contributed by atoms with E-state index in [1.54, 1.807) is 32.3 Å². The van der Waals surface area contributed by atoms with E-state index < -0.39 is 0 Å². The van der Waals surface area contributed by atoms with E-state index >= 15 is 0 Å². The Morgan fingerprint density at radius 1 is 1.00 bits per heavy atom. The zero-order valence-electron chi connectivity index (χ0n) is 17.7. The van der Waals surface area contributed by atoms with Crippen LogP contribution < -0.4 is 10.6 Å². The van der Waals surface area contributed by atoms with Gasteiger partial charge in [0, 0.05) is 32.7 Å². The Labute approximate surface area is 178 Å². The molecule has 0 heterocycles. The fourth-order valence-corrected chi connectivity index (χ4v) is 2.44. The maximum atomic E-state index is 12.0. The monoisotopic (exact) mass is 407 g/mol. The molecule has 6 heteroatoms. The van der Waals surface area contributed by atoms with Gasteiger partial charge in [-0.1, -0.05) is 67.6 Å². The molecule has 1 atom stereocenters. The Morgan fingerprint density at radius 2 is 1.60 bits per heavy atom. The van der Waals surface area contributed by atoms with Crippen LogP contribution in [0.2, 0.25) is 0 Å². The van der Waals surface area contributed by atoms with Crippen LogP contribution in [0.25, 0.3) is 6.08 Å². The molecule has 30 heavy (non-hydrogen) atoms. The number of nitrogens with one attached hydrogen (secondary N) is 2. The highest BCUT2D eigenvalue weighted by atomic mass is 16.2. The van der Waals surface area contributed by atoms with Gasteiger partial charge in [-0.2, -0.15) is 0 Å². The van der Waals surface area contributed by atoms with Crippen LogP contribution in [0.5, 0.6) is 0 Å². The maximum Gasteiger partial charge on any atom is 0.244 e. The third-order valence-corrected chi connectivity index (χ3v) is 3.82. The first-order chi connectivity index (χ1) is 14.4. The summed E-state index contributed by atoms with van der Waals surface area (Å²) < 4.78 is 0. The lowest BCUT2D eigenvalue weighted by molar-refractivity contribution is -0.129. The lowest BCUT2D eigenvalue weighted by Gasteiger charge is -2.13. The van der Waals surface area contributed by atoms with Crippen molar-refractivity contribution in [1.82, 2.24) is 10.6 Å². The quantitative estimate of drug-likeness (QED) is 0.546. The SMILES string of the molecule is CCC(=O)NC(C)=O.CN=CC(Cc1ccccc1)NC(=O)/C=C/c1ccccc1. The number of benzene rings is 2. The number of hydrogen-bond donors (Lipinski definition) is 2. The van der Waals surface area contributed by atoms with E-state index in [2.05, 4.69) is 15.6 Å². The third-order valence-electron chi connectivity index (χ3n) is 3.82. The summed E-state index contributed by atoms with van der Waals surface area (Å²) in [5, 5.41) is 5.08. The van der Waals surface area contributed by atoms with Crippen LogP contribution in [0, 0.1) is 0 Å². The topological polar surface area (TPSA) is 87.6 Å². The minimum atomic E-state index is -0.295. The second-order valence-electron chi connectivity index (χ2n) is 6.41. The van der Waals surface area contributed by atoms with Crippen LogP contribution in [-0.2, 0) is 20.8 Å². The summed E-state index contributed by atoms with van der Waals surface area (Å²) in [6.07, 6.45) is 6.21. The fourth-order valence-electron chi connectivity index (χ4n) is 2.44. The molecule has 0 aromatic heterocycles. The zero-order chi connectivity index (χ0) is 22.2. The molecule has 0 aliphatic carbocycles. The maximum absolute atomic E-state index is 12.0. The molecule has 1 unspecified atom stereocenters. The first kappa shape index (κ1) is 24.5. The van der Waals surface area contributed by atoms with Gasteiger partial charge < -0.3 is 5.32 Å². The predicted molar refractivity (Wildman–Crippen MR) is 121 cm³/mol. The second-order valence-corrected chi connectivity index (χ2v) is 6.41. The summed E-state index contributed by atoms with van der Waals surface area (Å²) in [7, 11) is 1.71. The van der Waals surface area contributed by atoms with Gasteiger partial charge >= 0.3 is 0 Å². The molecule has 2 rings (SSSR count). The Bertz CT molecular complexity index is 847. The molecule has 0 fully saturated rings. The molecule has 2 aromatic rings. The molecule has 6 nitrogen and oxygen atoms in total. The van der Waals surface area contributed by atoms with E-state index in [0.29, 0.717) is 6.42 Å². The molecule has 3 amide bonds. The van der Waals surface area contributed by atoms with Gasteiger partial charge in [0.2, 0.25) is 17.7 Å². The van der Waals surface area contributed by atoms with Crippen LogP contribution in [-0.4, -0.2) is 37.0 Å². The summed E-state index contributed by atoms with van der Waals surface area (Å²) >= 11 is 0. The van der Waals surface area contributed by atoms with E-state index in [-0.39, 0.29) is 23.8 Å². The highest BCUT2D eigenvalue weighted by Gasteiger charge is 2.08. The number of amides is 3. The van der Waals surface area contributed by atoms with E-state index in [4.69, 9.17) is 0 Å². The molecule has 0 spiro atoms. The van der Waals surface area contributed by atoms with Gasteiger partial charge in [-0.25, -0.2) is 0 Å². The molecule has 0 saturated carbocycles. The molecule has 0 bridgehead atoms. The standard InChI is InChI=1S/C19H20N2O.C5H9NO2/c1-20-15-18(14-17-10-6-3-7-11-17)21-19(22)13-12-16-8-4-2-5-9-16;1-3-5(8)6-4(2)7/h2-13,15,18H,14H2,1H3,(H,21,22);3H2,1-2H3,(H,6,7,8)/b13-12+,20-15?;. The molecule has 158 valence electrons. The van der Waals surface area contributed by atoms with Crippen molar-refractivity contribution in [3.63, 3.8) is 0 Å². The number of carbonyl (C=O) groups is 3. The second kappa shape index (κ2) is 14.5. The zero-order valence-corrected chi connectivity index (χ0v) is 17.7. The van der Waals surface area contributed by atoms with E-state index in [1.165, 1.54) is 12.5 Å². The number of nitrogens with zero attached hydrogens (tertiary/aromatic N) is 1. The van der Waals surface area contributed by atoms with Gasteiger partial charge in [0.1, 0.15) is 0 Å². The average molecular weight is 408 g/mol. The predicted octanol–water partition coefficient (Wildman–Crippen LogP) is 3.19. The fraction of sp³-hybridized carbons (Fsp3) is 0.250. The van der Waals surface area contributed by atoms with Gasteiger partial charge in [-0.05, 0) is 23.6 Å². The van der Waals surface area contributed by atoms with Gasteiger partial charge in [0.05, 0.1) is 6.04 Å². The first-order valence-electron chi connectivity index (χ1n) is 9.74. The molecular weight excluding hydrogens is 378 g/mol. The van der Waals surface area contributed by atoms with Crippen molar-refractivity contribution >= 4 is 30.0 Å². The van der Waals surface area contributed by atoms with Gasteiger partial charge in [-0.15, -0.1) is 0 Å². The van der Waals surface area contributed by atoms with Crippen molar-refractivity contribution < 1.29 is 14.4 Å². The minimum Gasteiger partial charge on any atom is -0.344 e. The lowest BCUT2D eigenvalue weighted by Crippen LogP contribution is -2.36. The Hall–Kier alpha value is -3.54. The summed E-state index contributed by atoms with van der Waals surface area (Å²) in [6.45, 7) is 3.01. The van der Waals surface area contributed by atoms with Crippen molar-refractivity contribution in [2.75, 3.05) is 7.05 Å². The van der Waals surface area contributed by atoms with Crippen molar-refractivity contribution in [3.8, 4) is 0 Å². The minimum absolute atomic E-state index is 0.111. The number of carbonyl (C=O) groups excluding carboxylic acids is 3. The number of imide groups is 1. The normalized spacial score (nSPS) is 11.4. The molecule has 2 aromatic carbocycles. The van der Waals surface area contributed by atoms with E-state index in [0.717, 1.165) is 12.0 Å². The lowest BCUT2D eigenvalue weighted by atomic mass is 10.1.